The van der Waals surface area contributed by atoms with Crippen LogP contribution in [-0.2, 0) is 4.79 Å². The largest absolute Gasteiger partial charge is 0.318 e. The number of hydrogen-bond acceptors (Lipinski definition) is 3. The number of hydrogen-bond donors (Lipinski definition) is 1. The van der Waals surface area contributed by atoms with Crippen LogP contribution in [0.2, 0.25) is 0 Å². The highest BCUT2D eigenvalue weighted by Crippen LogP contribution is 2.29. The molecule has 5 heteroatoms. The number of aromatic nitrogens is 1. The van der Waals surface area contributed by atoms with Gasteiger partial charge in [0.25, 0.3) is 11.1 Å². The second kappa shape index (κ2) is 5.50. The summed E-state index contributed by atoms with van der Waals surface area (Å²) in [6, 6.07) is 10.2. The van der Waals surface area contributed by atoms with Gasteiger partial charge in [-0.3, -0.25) is 14.9 Å². The minimum atomic E-state index is -0.323. The minimum absolute atomic E-state index is 0.316. The highest BCUT2D eigenvalue weighted by molar-refractivity contribution is 8.18. The number of para-hydroxylation sites is 1. The van der Waals surface area contributed by atoms with Crippen molar-refractivity contribution >= 4 is 29.0 Å². The lowest BCUT2D eigenvalue weighted by molar-refractivity contribution is -0.115. The smallest absolute Gasteiger partial charge is 0.290 e. The Morgan fingerprint density at radius 1 is 1.14 bits per heavy atom. The molecule has 1 N–H and O–H groups in total. The van der Waals surface area contributed by atoms with Gasteiger partial charge in [-0.2, -0.15) is 0 Å². The highest BCUT2D eigenvalue weighted by Gasteiger charge is 2.25. The second-order valence-corrected chi connectivity index (χ2v) is 6.32. The van der Waals surface area contributed by atoms with Crippen molar-refractivity contribution in [2.45, 2.75) is 20.8 Å². The van der Waals surface area contributed by atoms with Crippen LogP contribution in [0.25, 0.3) is 11.8 Å². The molecule has 1 aliphatic heterocycles. The SMILES string of the molecule is Cc1ccccc1-n1c(C)cc(/C=C2\SC(=O)NC2=O)c1C. The second-order valence-electron chi connectivity index (χ2n) is 5.30. The van der Waals surface area contributed by atoms with E-state index in [1.54, 1.807) is 6.08 Å². The number of imide groups is 1. The van der Waals surface area contributed by atoms with E-state index in [-0.39, 0.29) is 11.1 Å². The molecule has 1 aromatic carbocycles. The first-order chi connectivity index (χ1) is 10.5. The maximum Gasteiger partial charge on any atom is 0.290 e. The van der Waals surface area contributed by atoms with Crippen LogP contribution in [0.15, 0.2) is 35.2 Å². The summed E-state index contributed by atoms with van der Waals surface area (Å²) in [4.78, 5) is 23.4. The molecule has 1 aromatic heterocycles. The quantitative estimate of drug-likeness (QED) is 0.860. The van der Waals surface area contributed by atoms with Crippen LogP contribution < -0.4 is 5.32 Å². The number of nitrogens with one attached hydrogen (secondary N) is 1. The van der Waals surface area contributed by atoms with E-state index in [2.05, 4.69) is 28.9 Å². The number of carbonyl (C=O) groups is 2. The van der Waals surface area contributed by atoms with Crippen LogP contribution in [0.3, 0.4) is 0 Å². The maximum absolute atomic E-state index is 11.7. The predicted octanol–water partition coefficient (Wildman–Crippen LogP) is 3.73. The van der Waals surface area contributed by atoms with Crippen LogP contribution in [0.4, 0.5) is 4.79 Å². The van der Waals surface area contributed by atoms with Crippen LogP contribution in [-0.4, -0.2) is 15.7 Å². The third-order valence-corrected chi connectivity index (χ3v) is 4.57. The molecule has 0 bridgehead atoms. The summed E-state index contributed by atoms with van der Waals surface area (Å²) in [5.41, 5.74) is 5.40. The van der Waals surface area contributed by atoms with Crippen molar-refractivity contribution in [2.24, 2.45) is 0 Å². The zero-order valence-electron chi connectivity index (χ0n) is 12.6. The number of benzene rings is 1. The number of nitrogens with zero attached hydrogens (tertiary/aromatic N) is 1. The van der Waals surface area contributed by atoms with E-state index >= 15 is 0 Å². The van der Waals surface area contributed by atoms with E-state index in [9.17, 15) is 9.59 Å². The predicted molar refractivity (Wildman–Crippen MR) is 89.1 cm³/mol. The average molecular weight is 312 g/mol. The normalized spacial score (nSPS) is 16.4. The highest BCUT2D eigenvalue weighted by atomic mass is 32.2. The van der Waals surface area contributed by atoms with Crippen LogP contribution in [0.1, 0.15) is 22.5 Å². The van der Waals surface area contributed by atoms with E-state index in [4.69, 9.17) is 0 Å². The number of carbonyl (C=O) groups excluding carboxylic acids is 2. The zero-order chi connectivity index (χ0) is 15.9. The molecule has 1 saturated heterocycles. The molecule has 112 valence electrons. The minimum Gasteiger partial charge on any atom is -0.318 e. The van der Waals surface area contributed by atoms with Gasteiger partial charge in [0, 0.05) is 17.1 Å². The van der Waals surface area contributed by atoms with E-state index in [1.807, 2.05) is 32.0 Å². The Bertz CT molecular complexity index is 818. The van der Waals surface area contributed by atoms with Crippen LogP contribution in [0.5, 0.6) is 0 Å². The molecular formula is C17H16N2O2S. The van der Waals surface area contributed by atoms with Gasteiger partial charge >= 0.3 is 0 Å². The lowest BCUT2D eigenvalue weighted by Gasteiger charge is -2.12. The Balaban J connectivity index is 2.09. The first-order valence-electron chi connectivity index (χ1n) is 6.97. The van der Waals surface area contributed by atoms with Gasteiger partial charge in [0.05, 0.1) is 4.91 Å². The molecule has 0 spiro atoms. The Kier molecular flexibility index (Phi) is 3.66. The van der Waals surface area contributed by atoms with Crippen molar-refractivity contribution in [3.63, 3.8) is 0 Å². The molecule has 0 radical (unpaired) electrons. The standard InChI is InChI=1S/C17H16N2O2S/c1-10-6-4-5-7-14(10)19-11(2)8-13(12(19)3)9-15-16(20)18-17(21)22-15/h4-9H,1-3H3,(H,18,20,21)/b15-9-. The Labute approximate surface area is 133 Å². The third kappa shape index (κ3) is 2.48. The van der Waals surface area contributed by atoms with Gasteiger partial charge in [-0.1, -0.05) is 18.2 Å². The van der Waals surface area contributed by atoms with Crippen LogP contribution in [0, 0.1) is 20.8 Å². The molecule has 2 heterocycles. The lowest BCUT2D eigenvalue weighted by Crippen LogP contribution is -2.17. The molecule has 1 fully saturated rings. The van der Waals surface area contributed by atoms with E-state index < -0.39 is 0 Å². The molecule has 1 aliphatic rings. The zero-order valence-corrected chi connectivity index (χ0v) is 13.5. The Hall–Kier alpha value is -2.27. The summed E-state index contributed by atoms with van der Waals surface area (Å²) in [7, 11) is 0. The van der Waals surface area contributed by atoms with Gasteiger partial charge in [0.1, 0.15) is 0 Å². The van der Waals surface area contributed by atoms with Crippen LogP contribution >= 0.6 is 11.8 Å². The molecule has 2 aromatic rings. The van der Waals surface area contributed by atoms with Gasteiger partial charge in [-0.05, 0) is 61.9 Å². The fourth-order valence-corrected chi connectivity index (χ4v) is 3.35. The van der Waals surface area contributed by atoms with Crippen molar-refractivity contribution in [3.8, 4) is 5.69 Å². The van der Waals surface area contributed by atoms with Gasteiger partial charge in [-0.25, -0.2) is 0 Å². The average Bonchev–Trinajstić information content (AvgIpc) is 2.91. The van der Waals surface area contributed by atoms with Crippen molar-refractivity contribution in [3.05, 3.63) is 57.8 Å². The summed E-state index contributed by atoms with van der Waals surface area (Å²) < 4.78 is 2.17. The number of thioether (sulfide) groups is 1. The molecular weight excluding hydrogens is 296 g/mol. The number of amides is 2. The van der Waals surface area contributed by atoms with Crippen molar-refractivity contribution in [1.29, 1.82) is 0 Å². The van der Waals surface area contributed by atoms with Gasteiger partial charge < -0.3 is 4.57 Å². The summed E-state index contributed by atoms with van der Waals surface area (Å²) >= 11 is 0.944. The third-order valence-electron chi connectivity index (χ3n) is 3.76. The molecule has 0 unspecified atom stereocenters. The molecule has 22 heavy (non-hydrogen) atoms. The van der Waals surface area contributed by atoms with Gasteiger partial charge in [0.15, 0.2) is 0 Å². The molecule has 3 rings (SSSR count). The maximum atomic E-state index is 11.7. The molecule has 2 amide bonds. The first kappa shape index (κ1) is 14.7. The fraction of sp³-hybridized carbons (Fsp3) is 0.176. The van der Waals surface area contributed by atoms with Crippen molar-refractivity contribution < 1.29 is 9.59 Å². The molecule has 0 aliphatic carbocycles. The monoisotopic (exact) mass is 312 g/mol. The lowest BCUT2D eigenvalue weighted by atomic mass is 10.2. The number of aryl methyl sites for hydroxylation is 2. The summed E-state index contributed by atoms with van der Waals surface area (Å²) in [5.74, 6) is -0.323. The summed E-state index contributed by atoms with van der Waals surface area (Å²) in [6.45, 7) is 6.13. The van der Waals surface area contributed by atoms with E-state index in [0.717, 1.165) is 34.4 Å². The number of rotatable bonds is 2. The Morgan fingerprint density at radius 3 is 2.50 bits per heavy atom. The first-order valence-corrected chi connectivity index (χ1v) is 7.79. The molecule has 4 nitrogen and oxygen atoms in total. The Morgan fingerprint density at radius 2 is 1.86 bits per heavy atom. The van der Waals surface area contributed by atoms with Gasteiger partial charge in [-0.15, -0.1) is 0 Å². The van der Waals surface area contributed by atoms with E-state index in [0.29, 0.717) is 4.91 Å². The fourth-order valence-electron chi connectivity index (χ4n) is 2.68. The van der Waals surface area contributed by atoms with E-state index in [1.165, 1.54) is 5.56 Å². The van der Waals surface area contributed by atoms with Crippen molar-refractivity contribution in [1.82, 2.24) is 9.88 Å². The summed E-state index contributed by atoms with van der Waals surface area (Å²) in [5, 5.41) is 1.96. The summed E-state index contributed by atoms with van der Waals surface area (Å²) in [6.07, 6.45) is 1.78. The van der Waals surface area contributed by atoms with Gasteiger partial charge in [0.2, 0.25) is 0 Å². The molecule has 0 atom stereocenters. The van der Waals surface area contributed by atoms with Crippen molar-refractivity contribution in [2.75, 3.05) is 0 Å². The molecule has 0 saturated carbocycles. The topological polar surface area (TPSA) is 51.1 Å².